The van der Waals surface area contributed by atoms with Crippen LogP contribution in [0.5, 0.6) is 0 Å². The van der Waals surface area contributed by atoms with Crippen LogP contribution in [0, 0.1) is 0 Å². The second-order valence-corrected chi connectivity index (χ2v) is 7.88. The van der Waals surface area contributed by atoms with E-state index in [1.54, 1.807) is 13.8 Å². The first-order valence-electron chi connectivity index (χ1n) is 5.78. The van der Waals surface area contributed by atoms with Gasteiger partial charge in [-0.25, -0.2) is 13.2 Å². The molecule has 0 amide bonds. The van der Waals surface area contributed by atoms with Gasteiger partial charge in [0.25, 0.3) is 0 Å². The lowest BCUT2D eigenvalue weighted by molar-refractivity contribution is 0.0529. The molecule has 2 N–H and O–H groups in total. The summed E-state index contributed by atoms with van der Waals surface area (Å²) < 4.78 is 28.0. The Kier molecular flexibility index (Phi) is 5.68. The van der Waals surface area contributed by atoms with Gasteiger partial charge in [-0.1, -0.05) is 23.2 Å². The van der Waals surface area contributed by atoms with Crippen molar-refractivity contribution in [1.29, 1.82) is 0 Å². The SMILES string of the molecule is CC(C)S(=O)(=O)CCOC(=O)c1cc(N)cc(Cl)c1Cl. The summed E-state index contributed by atoms with van der Waals surface area (Å²) in [6.07, 6.45) is 0. The predicted octanol–water partition coefficient (Wildman–Crippen LogP) is 2.56. The molecule has 8 heteroatoms. The smallest absolute Gasteiger partial charge is 0.339 e. The van der Waals surface area contributed by atoms with Crippen molar-refractivity contribution in [3.05, 3.63) is 27.7 Å². The van der Waals surface area contributed by atoms with Gasteiger partial charge >= 0.3 is 5.97 Å². The Morgan fingerprint density at radius 1 is 1.35 bits per heavy atom. The molecule has 1 rings (SSSR count). The number of halogens is 2. The van der Waals surface area contributed by atoms with Gasteiger partial charge in [0, 0.05) is 5.69 Å². The van der Waals surface area contributed by atoms with E-state index in [1.165, 1.54) is 12.1 Å². The van der Waals surface area contributed by atoms with Crippen LogP contribution in [0.25, 0.3) is 0 Å². The highest BCUT2D eigenvalue weighted by atomic mass is 35.5. The van der Waals surface area contributed by atoms with Crippen LogP contribution in [0.4, 0.5) is 5.69 Å². The van der Waals surface area contributed by atoms with Crippen molar-refractivity contribution in [2.24, 2.45) is 0 Å². The summed E-state index contributed by atoms with van der Waals surface area (Å²) in [4.78, 5) is 11.8. The summed E-state index contributed by atoms with van der Waals surface area (Å²) in [5, 5.41) is -0.363. The fourth-order valence-corrected chi connectivity index (χ4v) is 2.52. The summed E-state index contributed by atoms with van der Waals surface area (Å²) in [6.45, 7) is 2.87. The monoisotopic (exact) mass is 339 g/mol. The highest BCUT2D eigenvalue weighted by Gasteiger charge is 2.19. The lowest BCUT2D eigenvalue weighted by atomic mass is 10.2. The second kappa shape index (κ2) is 6.65. The second-order valence-electron chi connectivity index (χ2n) is 4.42. The Hall–Kier alpha value is -0.980. The third-order valence-corrected chi connectivity index (χ3v) is 5.56. The van der Waals surface area contributed by atoms with E-state index in [0.717, 1.165) is 0 Å². The average Bonchev–Trinajstić information content (AvgIpc) is 2.33. The Morgan fingerprint density at radius 3 is 2.50 bits per heavy atom. The van der Waals surface area contributed by atoms with Crippen LogP contribution in [0.3, 0.4) is 0 Å². The molecule has 0 aliphatic carbocycles. The molecule has 5 nitrogen and oxygen atoms in total. The number of benzene rings is 1. The van der Waals surface area contributed by atoms with Crippen molar-refractivity contribution in [2.75, 3.05) is 18.1 Å². The third-order valence-electron chi connectivity index (χ3n) is 2.59. The first-order valence-corrected chi connectivity index (χ1v) is 8.25. The fourth-order valence-electron chi connectivity index (χ4n) is 1.32. The van der Waals surface area contributed by atoms with Gasteiger partial charge in [0.1, 0.15) is 6.61 Å². The molecule has 0 saturated heterocycles. The number of carbonyl (C=O) groups is 1. The van der Waals surface area contributed by atoms with Gasteiger partial charge in [-0.3, -0.25) is 0 Å². The fraction of sp³-hybridized carbons (Fsp3) is 0.417. The lowest BCUT2D eigenvalue weighted by Gasteiger charge is -2.10. The molecule has 0 spiro atoms. The minimum Gasteiger partial charge on any atom is -0.461 e. The molecule has 0 aliphatic heterocycles. The number of hydrogen-bond acceptors (Lipinski definition) is 5. The Morgan fingerprint density at radius 2 is 1.95 bits per heavy atom. The van der Waals surface area contributed by atoms with Gasteiger partial charge in [0.2, 0.25) is 0 Å². The predicted molar refractivity (Wildman–Crippen MR) is 80.1 cm³/mol. The zero-order valence-corrected chi connectivity index (χ0v) is 13.3. The number of nitrogens with two attached hydrogens (primary N) is 1. The Bertz CT molecular complexity index is 614. The molecule has 0 radical (unpaired) electrons. The number of esters is 1. The summed E-state index contributed by atoms with van der Waals surface area (Å²) in [7, 11) is -3.26. The Labute approximate surface area is 127 Å². The van der Waals surface area contributed by atoms with E-state index in [-0.39, 0.29) is 33.7 Å². The summed E-state index contributed by atoms with van der Waals surface area (Å²) in [5.41, 5.74) is 5.83. The number of sulfone groups is 1. The van der Waals surface area contributed by atoms with E-state index in [4.69, 9.17) is 33.7 Å². The number of rotatable bonds is 5. The standard InChI is InChI=1S/C12H15Cl2NO4S/c1-7(2)20(17,18)4-3-19-12(16)9-5-8(15)6-10(13)11(9)14/h5-7H,3-4,15H2,1-2H3. The van der Waals surface area contributed by atoms with Gasteiger partial charge in [0.15, 0.2) is 9.84 Å². The molecule has 112 valence electrons. The van der Waals surface area contributed by atoms with E-state index in [2.05, 4.69) is 0 Å². The van der Waals surface area contributed by atoms with Gasteiger partial charge in [-0.2, -0.15) is 0 Å². The molecule has 0 aromatic heterocycles. The molecule has 1 aromatic rings. The maximum Gasteiger partial charge on any atom is 0.339 e. The summed E-state index contributed by atoms with van der Waals surface area (Å²) in [6, 6.07) is 2.73. The minimum absolute atomic E-state index is 0.0126. The normalized spacial score (nSPS) is 11.7. The first-order chi connectivity index (χ1) is 9.15. The lowest BCUT2D eigenvalue weighted by Crippen LogP contribution is -2.22. The van der Waals surface area contributed by atoms with E-state index in [1.807, 2.05) is 0 Å². The van der Waals surface area contributed by atoms with Crippen LogP contribution < -0.4 is 5.73 Å². The number of anilines is 1. The van der Waals surface area contributed by atoms with Crippen LogP contribution in [0.2, 0.25) is 10.0 Å². The number of carbonyl (C=O) groups excluding carboxylic acids is 1. The number of ether oxygens (including phenoxy) is 1. The van der Waals surface area contributed by atoms with E-state index >= 15 is 0 Å². The minimum atomic E-state index is -3.26. The molecule has 0 atom stereocenters. The maximum atomic E-state index is 11.8. The van der Waals surface area contributed by atoms with E-state index in [0.29, 0.717) is 0 Å². The van der Waals surface area contributed by atoms with Gasteiger partial charge in [0.05, 0.1) is 26.6 Å². The number of hydrogen-bond donors (Lipinski definition) is 1. The molecule has 0 heterocycles. The molecule has 1 aromatic carbocycles. The van der Waals surface area contributed by atoms with Crippen molar-refractivity contribution in [2.45, 2.75) is 19.1 Å². The van der Waals surface area contributed by atoms with Gasteiger partial charge in [-0.15, -0.1) is 0 Å². The molecule has 0 fully saturated rings. The van der Waals surface area contributed by atoms with Gasteiger partial charge in [-0.05, 0) is 26.0 Å². The average molecular weight is 340 g/mol. The quantitative estimate of drug-likeness (QED) is 0.658. The van der Waals surface area contributed by atoms with Gasteiger partial charge < -0.3 is 10.5 Å². The molecular formula is C12H15Cl2NO4S. The Balaban J connectivity index is 2.74. The van der Waals surface area contributed by atoms with E-state index in [9.17, 15) is 13.2 Å². The summed E-state index contributed by atoms with van der Waals surface area (Å²) >= 11 is 11.7. The van der Waals surface area contributed by atoms with E-state index < -0.39 is 21.1 Å². The van der Waals surface area contributed by atoms with Crippen molar-refractivity contribution in [3.8, 4) is 0 Å². The largest absolute Gasteiger partial charge is 0.461 e. The first kappa shape index (κ1) is 17.1. The highest BCUT2D eigenvalue weighted by molar-refractivity contribution is 7.91. The molecule has 20 heavy (non-hydrogen) atoms. The molecule has 0 saturated carbocycles. The maximum absolute atomic E-state index is 11.8. The third kappa shape index (κ3) is 4.26. The highest BCUT2D eigenvalue weighted by Crippen LogP contribution is 2.29. The van der Waals surface area contributed by atoms with Crippen molar-refractivity contribution in [3.63, 3.8) is 0 Å². The molecule has 0 unspecified atom stereocenters. The molecule has 0 bridgehead atoms. The van der Waals surface area contributed by atoms with Crippen molar-refractivity contribution >= 4 is 44.7 Å². The zero-order valence-electron chi connectivity index (χ0n) is 11.0. The number of nitrogen functional groups attached to an aromatic ring is 1. The zero-order chi connectivity index (χ0) is 15.5. The topological polar surface area (TPSA) is 86.5 Å². The van der Waals surface area contributed by atoms with Crippen LogP contribution in [0.15, 0.2) is 12.1 Å². The van der Waals surface area contributed by atoms with Crippen LogP contribution in [-0.2, 0) is 14.6 Å². The van der Waals surface area contributed by atoms with Crippen molar-refractivity contribution < 1.29 is 17.9 Å². The summed E-state index contributed by atoms with van der Waals surface area (Å²) in [5.74, 6) is -1.01. The van der Waals surface area contributed by atoms with Crippen LogP contribution >= 0.6 is 23.2 Å². The molecule has 0 aliphatic rings. The van der Waals surface area contributed by atoms with Crippen molar-refractivity contribution in [1.82, 2.24) is 0 Å². The van der Waals surface area contributed by atoms with Crippen LogP contribution in [-0.4, -0.2) is 32.0 Å². The molecular weight excluding hydrogens is 325 g/mol. The van der Waals surface area contributed by atoms with Crippen LogP contribution in [0.1, 0.15) is 24.2 Å².